The van der Waals surface area contributed by atoms with Crippen molar-refractivity contribution in [2.24, 2.45) is 0 Å². The molecule has 0 aromatic carbocycles. The Labute approximate surface area is 120 Å². The van der Waals surface area contributed by atoms with E-state index in [1.165, 1.54) is 4.88 Å². The average molecular weight is 283 g/mol. The van der Waals surface area contributed by atoms with Crippen LogP contribution in [0.2, 0.25) is 0 Å². The van der Waals surface area contributed by atoms with Crippen molar-refractivity contribution in [2.45, 2.75) is 53.1 Å². The van der Waals surface area contributed by atoms with Gasteiger partial charge in [-0.25, -0.2) is 4.98 Å². The van der Waals surface area contributed by atoms with Crippen molar-refractivity contribution in [3.8, 4) is 0 Å². The first kappa shape index (κ1) is 16.1. The summed E-state index contributed by atoms with van der Waals surface area (Å²) in [5.74, 6) is 0.157. The van der Waals surface area contributed by atoms with Gasteiger partial charge in [0.25, 0.3) is 0 Å². The molecule has 1 rings (SSSR count). The smallest absolute Gasteiger partial charge is 0.239 e. The maximum Gasteiger partial charge on any atom is 0.239 e. The van der Waals surface area contributed by atoms with Crippen molar-refractivity contribution in [3.63, 3.8) is 0 Å². The number of carbonyl (C=O) groups excluding carboxylic acids is 1. The van der Waals surface area contributed by atoms with Crippen molar-refractivity contribution < 1.29 is 4.79 Å². The molecular weight excluding hydrogens is 258 g/mol. The molecule has 0 fully saturated rings. The van der Waals surface area contributed by atoms with Gasteiger partial charge in [-0.1, -0.05) is 6.92 Å². The van der Waals surface area contributed by atoms with Crippen LogP contribution in [-0.4, -0.2) is 34.9 Å². The van der Waals surface area contributed by atoms with Crippen molar-refractivity contribution in [1.29, 1.82) is 0 Å². The van der Waals surface area contributed by atoms with Crippen molar-refractivity contribution in [1.82, 2.24) is 15.2 Å². The van der Waals surface area contributed by atoms with E-state index >= 15 is 0 Å². The molecule has 0 aliphatic rings. The van der Waals surface area contributed by atoms with Gasteiger partial charge in [0, 0.05) is 24.2 Å². The second kappa shape index (κ2) is 7.60. The van der Waals surface area contributed by atoms with Gasteiger partial charge in [0.15, 0.2) is 0 Å². The lowest BCUT2D eigenvalue weighted by Gasteiger charge is -2.25. The predicted octanol–water partition coefficient (Wildman–Crippen LogP) is 2.61. The Balaban J connectivity index is 2.60. The minimum atomic E-state index is -0.177. The van der Waals surface area contributed by atoms with Crippen LogP contribution in [0.4, 0.5) is 0 Å². The minimum Gasteiger partial charge on any atom is -0.342 e. The van der Waals surface area contributed by atoms with Gasteiger partial charge < -0.3 is 4.90 Å². The van der Waals surface area contributed by atoms with Crippen LogP contribution in [0, 0.1) is 0 Å². The lowest BCUT2D eigenvalue weighted by Crippen LogP contribution is -2.45. The number of aryl methyl sites for hydroxylation is 1. The Morgan fingerprint density at radius 3 is 2.47 bits per heavy atom. The SMILES string of the molecule is CCc1cnc(C(C)NC(C)C(=O)N(CC)CC)s1. The molecule has 1 aromatic heterocycles. The third-order valence-electron chi connectivity index (χ3n) is 3.24. The number of thiazole rings is 1. The second-order valence-electron chi connectivity index (χ2n) is 4.64. The molecule has 1 N–H and O–H groups in total. The topological polar surface area (TPSA) is 45.2 Å². The predicted molar refractivity (Wildman–Crippen MR) is 80.4 cm³/mol. The van der Waals surface area contributed by atoms with E-state index < -0.39 is 0 Å². The van der Waals surface area contributed by atoms with Gasteiger partial charge in [0.05, 0.1) is 12.1 Å². The first-order valence-electron chi connectivity index (χ1n) is 7.02. The first-order chi connectivity index (χ1) is 9.03. The van der Waals surface area contributed by atoms with E-state index in [0.717, 1.165) is 24.5 Å². The number of aromatic nitrogens is 1. The quantitative estimate of drug-likeness (QED) is 0.836. The number of rotatable bonds is 7. The second-order valence-corrected chi connectivity index (χ2v) is 5.79. The van der Waals surface area contributed by atoms with Crippen LogP contribution >= 0.6 is 11.3 Å². The normalized spacial score (nSPS) is 14.2. The Kier molecular flexibility index (Phi) is 6.45. The molecule has 4 nitrogen and oxygen atoms in total. The summed E-state index contributed by atoms with van der Waals surface area (Å²) >= 11 is 1.72. The number of hydrogen-bond donors (Lipinski definition) is 1. The third-order valence-corrected chi connectivity index (χ3v) is 4.56. The third kappa shape index (κ3) is 4.28. The number of hydrogen-bond acceptors (Lipinski definition) is 4. The summed E-state index contributed by atoms with van der Waals surface area (Å²) in [5, 5.41) is 4.39. The Morgan fingerprint density at radius 1 is 1.37 bits per heavy atom. The van der Waals surface area contributed by atoms with Gasteiger partial charge in [-0.15, -0.1) is 11.3 Å². The fourth-order valence-corrected chi connectivity index (χ4v) is 2.88. The van der Waals surface area contributed by atoms with E-state index in [1.54, 1.807) is 11.3 Å². The van der Waals surface area contributed by atoms with Gasteiger partial charge in [0.1, 0.15) is 5.01 Å². The number of amides is 1. The van der Waals surface area contributed by atoms with Gasteiger partial charge in [-0.2, -0.15) is 0 Å². The van der Waals surface area contributed by atoms with E-state index in [2.05, 4.69) is 24.1 Å². The maximum absolute atomic E-state index is 12.2. The van der Waals surface area contributed by atoms with Gasteiger partial charge >= 0.3 is 0 Å². The number of carbonyl (C=O) groups is 1. The highest BCUT2D eigenvalue weighted by Crippen LogP contribution is 2.20. The maximum atomic E-state index is 12.2. The lowest BCUT2D eigenvalue weighted by molar-refractivity contribution is -0.132. The van der Waals surface area contributed by atoms with Gasteiger partial charge in [-0.3, -0.25) is 10.1 Å². The zero-order valence-electron chi connectivity index (χ0n) is 12.6. The highest BCUT2D eigenvalue weighted by atomic mass is 32.1. The molecule has 2 atom stereocenters. The standard InChI is InChI=1S/C14H25N3OS/c1-6-12-9-15-13(19-12)10(4)16-11(5)14(18)17(7-2)8-3/h9-11,16H,6-8H2,1-5H3. The summed E-state index contributed by atoms with van der Waals surface area (Å²) in [6.07, 6.45) is 2.94. The molecule has 1 amide bonds. The molecule has 0 saturated heterocycles. The highest BCUT2D eigenvalue weighted by Gasteiger charge is 2.21. The molecule has 0 radical (unpaired) electrons. The molecular formula is C14H25N3OS. The average Bonchev–Trinajstić information content (AvgIpc) is 2.88. The van der Waals surface area contributed by atoms with Crippen LogP contribution in [0.3, 0.4) is 0 Å². The highest BCUT2D eigenvalue weighted by molar-refractivity contribution is 7.11. The van der Waals surface area contributed by atoms with Crippen molar-refractivity contribution >= 4 is 17.2 Å². The summed E-state index contributed by atoms with van der Waals surface area (Å²) in [7, 11) is 0. The lowest BCUT2D eigenvalue weighted by atomic mass is 10.2. The molecule has 108 valence electrons. The fraction of sp³-hybridized carbons (Fsp3) is 0.714. The van der Waals surface area contributed by atoms with Crippen LogP contribution in [-0.2, 0) is 11.2 Å². The molecule has 0 spiro atoms. The Morgan fingerprint density at radius 2 is 2.00 bits per heavy atom. The minimum absolute atomic E-state index is 0.111. The summed E-state index contributed by atoms with van der Waals surface area (Å²) in [4.78, 5) is 19.7. The Hall–Kier alpha value is -0.940. The van der Waals surface area contributed by atoms with E-state index in [9.17, 15) is 4.79 Å². The largest absolute Gasteiger partial charge is 0.342 e. The van der Waals surface area contributed by atoms with E-state index in [1.807, 2.05) is 31.9 Å². The number of likely N-dealkylation sites (N-methyl/N-ethyl adjacent to an activating group) is 1. The Bertz CT molecular complexity index is 401. The van der Waals surface area contributed by atoms with Crippen LogP contribution in [0.25, 0.3) is 0 Å². The van der Waals surface area contributed by atoms with Crippen LogP contribution in [0.15, 0.2) is 6.20 Å². The zero-order chi connectivity index (χ0) is 14.4. The van der Waals surface area contributed by atoms with Crippen molar-refractivity contribution in [2.75, 3.05) is 13.1 Å². The molecule has 19 heavy (non-hydrogen) atoms. The van der Waals surface area contributed by atoms with Crippen molar-refractivity contribution in [3.05, 3.63) is 16.1 Å². The molecule has 0 aliphatic carbocycles. The first-order valence-corrected chi connectivity index (χ1v) is 7.84. The van der Waals surface area contributed by atoms with Gasteiger partial charge in [0.2, 0.25) is 5.91 Å². The number of nitrogens with zero attached hydrogens (tertiary/aromatic N) is 2. The molecule has 1 aromatic rings. The van der Waals surface area contributed by atoms with E-state index in [0.29, 0.717) is 0 Å². The van der Waals surface area contributed by atoms with Gasteiger partial charge in [-0.05, 0) is 34.1 Å². The summed E-state index contributed by atoms with van der Waals surface area (Å²) < 4.78 is 0. The molecule has 5 heteroatoms. The molecule has 1 heterocycles. The molecule has 2 unspecified atom stereocenters. The summed E-state index contributed by atoms with van der Waals surface area (Å²) in [6, 6.07) is -0.0660. The van der Waals surface area contributed by atoms with Crippen LogP contribution in [0.5, 0.6) is 0 Å². The summed E-state index contributed by atoms with van der Waals surface area (Å²) in [5.41, 5.74) is 0. The monoisotopic (exact) mass is 283 g/mol. The molecule has 0 saturated carbocycles. The van der Waals surface area contributed by atoms with E-state index in [4.69, 9.17) is 0 Å². The number of nitrogens with one attached hydrogen (secondary N) is 1. The van der Waals surface area contributed by atoms with Crippen LogP contribution in [0.1, 0.15) is 50.5 Å². The molecule has 0 bridgehead atoms. The molecule has 0 aliphatic heterocycles. The van der Waals surface area contributed by atoms with E-state index in [-0.39, 0.29) is 18.0 Å². The zero-order valence-corrected chi connectivity index (χ0v) is 13.4. The summed E-state index contributed by atoms with van der Waals surface area (Å²) in [6.45, 7) is 11.6. The fourth-order valence-electron chi connectivity index (χ4n) is 2.01. The van der Waals surface area contributed by atoms with Crippen LogP contribution < -0.4 is 5.32 Å².